The zero-order valence-corrected chi connectivity index (χ0v) is 10.2. The summed E-state index contributed by atoms with van der Waals surface area (Å²) in [5.74, 6) is 0.162. The molecule has 2 aromatic rings. The van der Waals surface area contributed by atoms with Crippen LogP contribution in [-0.4, -0.2) is 10.8 Å². The molecule has 4 heteroatoms. The first-order valence-corrected chi connectivity index (χ1v) is 6.41. The summed E-state index contributed by atoms with van der Waals surface area (Å²) in [7, 11) is 0. The van der Waals surface area contributed by atoms with Crippen molar-refractivity contribution in [3.63, 3.8) is 0 Å². The minimum absolute atomic E-state index is 0.162. The van der Waals surface area contributed by atoms with Crippen molar-refractivity contribution in [3.8, 4) is 9.88 Å². The van der Waals surface area contributed by atoms with E-state index in [0.29, 0.717) is 6.42 Å². The van der Waals surface area contributed by atoms with Gasteiger partial charge in [-0.3, -0.25) is 4.79 Å². The summed E-state index contributed by atoms with van der Waals surface area (Å²) >= 11 is 3.31. The molecule has 0 aromatic carbocycles. The zero-order chi connectivity index (χ0) is 10.8. The van der Waals surface area contributed by atoms with Crippen molar-refractivity contribution in [2.24, 2.45) is 0 Å². The van der Waals surface area contributed by atoms with Crippen LogP contribution in [0.25, 0.3) is 9.88 Å². The maximum atomic E-state index is 10.9. The van der Waals surface area contributed by atoms with Crippen LogP contribution < -0.4 is 0 Å². The van der Waals surface area contributed by atoms with E-state index in [9.17, 15) is 4.79 Å². The molecule has 2 rings (SSSR count). The molecule has 0 atom stereocenters. The summed E-state index contributed by atoms with van der Waals surface area (Å²) in [6.45, 7) is 3.67. The molecule has 0 saturated carbocycles. The number of Topliss-reactive ketones (excluding diaryl/α,β-unsaturated/α-hetero) is 1. The number of rotatable bonds is 3. The van der Waals surface area contributed by atoms with Crippen LogP contribution in [0, 0.1) is 6.92 Å². The van der Waals surface area contributed by atoms with Crippen molar-refractivity contribution in [2.75, 3.05) is 0 Å². The topological polar surface area (TPSA) is 30.0 Å². The molecular formula is C11H11NOS2. The molecule has 2 nitrogen and oxygen atoms in total. The quantitative estimate of drug-likeness (QED) is 0.819. The molecular weight excluding hydrogens is 226 g/mol. The molecule has 0 N–H and O–H groups in total. The molecule has 0 radical (unpaired) electrons. The molecule has 0 amide bonds. The first kappa shape index (κ1) is 10.5. The van der Waals surface area contributed by atoms with Gasteiger partial charge < -0.3 is 0 Å². The maximum absolute atomic E-state index is 10.9. The average Bonchev–Trinajstić information content (AvgIpc) is 2.72. The van der Waals surface area contributed by atoms with E-state index >= 15 is 0 Å². The van der Waals surface area contributed by atoms with Gasteiger partial charge >= 0.3 is 0 Å². The third kappa shape index (κ3) is 2.33. The molecule has 0 aliphatic heterocycles. The van der Waals surface area contributed by atoms with E-state index in [1.54, 1.807) is 29.6 Å². The van der Waals surface area contributed by atoms with Crippen molar-refractivity contribution in [1.82, 2.24) is 4.98 Å². The Balaban J connectivity index is 2.28. The summed E-state index contributed by atoms with van der Waals surface area (Å²) in [5, 5.41) is 5.06. The smallest absolute Gasteiger partial charge is 0.135 e. The third-order valence-electron chi connectivity index (χ3n) is 2.04. The van der Waals surface area contributed by atoms with Crippen molar-refractivity contribution in [2.45, 2.75) is 20.3 Å². The Morgan fingerprint density at radius 3 is 2.87 bits per heavy atom. The summed E-state index contributed by atoms with van der Waals surface area (Å²) in [6, 6.07) is 2.09. The molecule has 0 fully saturated rings. The van der Waals surface area contributed by atoms with Gasteiger partial charge in [0.2, 0.25) is 0 Å². The monoisotopic (exact) mass is 237 g/mol. The van der Waals surface area contributed by atoms with Crippen molar-refractivity contribution in [3.05, 3.63) is 28.1 Å². The molecule has 2 heterocycles. The van der Waals surface area contributed by atoms with Crippen LogP contribution in [-0.2, 0) is 11.2 Å². The van der Waals surface area contributed by atoms with E-state index in [0.717, 1.165) is 10.7 Å². The minimum Gasteiger partial charge on any atom is -0.300 e. The first-order chi connectivity index (χ1) is 7.16. The Morgan fingerprint density at radius 1 is 1.47 bits per heavy atom. The van der Waals surface area contributed by atoms with E-state index in [4.69, 9.17) is 0 Å². The molecule has 2 aromatic heterocycles. The van der Waals surface area contributed by atoms with Gasteiger partial charge in [-0.25, -0.2) is 4.98 Å². The second-order valence-electron chi connectivity index (χ2n) is 3.46. The predicted octanol–water partition coefficient (Wildman–Crippen LogP) is 3.31. The van der Waals surface area contributed by atoms with Gasteiger partial charge in [-0.1, -0.05) is 0 Å². The number of hydrogen-bond donors (Lipinski definition) is 0. The Morgan fingerprint density at radius 2 is 2.27 bits per heavy atom. The van der Waals surface area contributed by atoms with Crippen LogP contribution in [0.3, 0.4) is 0 Å². The molecule has 78 valence electrons. The van der Waals surface area contributed by atoms with Gasteiger partial charge in [-0.05, 0) is 30.9 Å². The van der Waals surface area contributed by atoms with Gasteiger partial charge in [0.25, 0.3) is 0 Å². The minimum atomic E-state index is 0.162. The van der Waals surface area contributed by atoms with E-state index in [1.807, 2.05) is 5.38 Å². The van der Waals surface area contributed by atoms with Crippen LogP contribution >= 0.6 is 22.7 Å². The van der Waals surface area contributed by atoms with E-state index in [2.05, 4.69) is 23.4 Å². The third-order valence-corrected chi connectivity index (χ3v) is 4.10. The number of nitrogens with zero attached hydrogens (tertiary/aromatic N) is 1. The highest BCUT2D eigenvalue weighted by atomic mass is 32.1. The van der Waals surface area contributed by atoms with E-state index in [1.165, 1.54) is 10.4 Å². The van der Waals surface area contributed by atoms with Crippen molar-refractivity contribution >= 4 is 28.5 Å². The molecule has 0 saturated heterocycles. The number of aromatic nitrogens is 1. The van der Waals surface area contributed by atoms with Gasteiger partial charge in [-0.2, -0.15) is 0 Å². The lowest BCUT2D eigenvalue weighted by molar-refractivity contribution is -0.116. The molecule has 15 heavy (non-hydrogen) atoms. The highest BCUT2D eigenvalue weighted by molar-refractivity contribution is 7.20. The van der Waals surface area contributed by atoms with Gasteiger partial charge in [0.05, 0.1) is 10.6 Å². The summed E-state index contributed by atoms with van der Waals surface area (Å²) in [5.41, 5.74) is 2.14. The highest BCUT2D eigenvalue weighted by Gasteiger charge is 2.09. The van der Waals surface area contributed by atoms with E-state index < -0.39 is 0 Å². The van der Waals surface area contributed by atoms with Crippen LogP contribution in [0.15, 0.2) is 16.8 Å². The fraction of sp³-hybridized carbons (Fsp3) is 0.273. The standard InChI is InChI=1S/C11H11NOS2/c1-7-3-4-14-10(7)11-12-9(6-15-11)5-8(2)13/h3-4,6H,5H2,1-2H3. The first-order valence-electron chi connectivity index (χ1n) is 4.65. The fourth-order valence-corrected chi connectivity index (χ4v) is 3.26. The lowest BCUT2D eigenvalue weighted by Crippen LogP contribution is -1.95. The number of hydrogen-bond acceptors (Lipinski definition) is 4. The van der Waals surface area contributed by atoms with Gasteiger partial charge in [0.1, 0.15) is 10.8 Å². The number of carbonyl (C=O) groups excluding carboxylic acids is 1. The predicted molar refractivity (Wildman–Crippen MR) is 64.5 cm³/mol. The van der Waals surface area contributed by atoms with E-state index in [-0.39, 0.29) is 5.78 Å². The summed E-state index contributed by atoms with van der Waals surface area (Å²) in [4.78, 5) is 16.6. The molecule has 0 aliphatic carbocycles. The Kier molecular flexibility index (Phi) is 2.98. The molecule has 0 spiro atoms. The number of thiazole rings is 1. The lowest BCUT2D eigenvalue weighted by atomic mass is 10.2. The van der Waals surface area contributed by atoms with Gasteiger partial charge in [-0.15, -0.1) is 22.7 Å². The maximum Gasteiger partial charge on any atom is 0.135 e. The number of aryl methyl sites for hydroxylation is 1. The number of ketones is 1. The molecule has 0 bridgehead atoms. The highest BCUT2D eigenvalue weighted by Crippen LogP contribution is 2.31. The lowest BCUT2D eigenvalue weighted by Gasteiger charge is -1.92. The summed E-state index contributed by atoms with van der Waals surface area (Å²) < 4.78 is 0. The second kappa shape index (κ2) is 4.24. The van der Waals surface area contributed by atoms with Gasteiger partial charge in [0.15, 0.2) is 0 Å². The van der Waals surface area contributed by atoms with Crippen LogP contribution in [0.2, 0.25) is 0 Å². The van der Waals surface area contributed by atoms with Crippen molar-refractivity contribution in [1.29, 1.82) is 0 Å². The zero-order valence-electron chi connectivity index (χ0n) is 8.61. The largest absolute Gasteiger partial charge is 0.300 e. The van der Waals surface area contributed by atoms with Crippen LogP contribution in [0.5, 0.6) is 0 Å². The summed E-state index contributed by atoms with van der Waals surface area (Å²) in [6.07, 6.45) is 0.445. The van der Waals surface area contributed by atoms with Crippen LogP contribution in [0.4, 0.5) is 0 Å². The number of carbonyl (C=O) groups is 1. The SMILES string of the molecule is CC(=O)Cc1csc(-c2sccc2C)n1. The number of thiophene rings is 1. The Labute approximate surface area is 96.6 Å². The second-order valence-corrected chi connectivity index (χ2v) is 5.23. The van der Waals surface area contributed by atoms with Gasteiger partial charge in [0, 0.05) is 11.8 Å². The molecule has 0 unspecified atom stereocenters. The Bertz CT molecular complexity index is 484. The normalized spacial score (nSPS) is 10.5. The van der Waals surface area contributed by atoms with Crippen LogP contribution in [0.1, 0.15) is 18.2 Å². The average molecular weight is 237 g/mol. The van der Waals surface area contributed by atoms with Crippen molar-refractivity contribution < 1.29 is 4.79 Å². The fourth-order valence-electron chi connectivity index (χ4n) is 1.34. The Hall–Kier alpha value is -1.00. The molecule has 0 aliphatic rings.